The van der Waals surface area contributed by atoms with Crippen LogP contribution < -0.4 is 5.32 Å². The van der Waals surface area contributed by atoms with Gasteiger partial charge in [0.1, 0.15) is 11.6 Å². The smallest absolute Gasteiger partial charge is 0.311 e. The Bertz CT molecular complexity index is 1010. The summed E-state index contributed by atoms with van der Waals surface area (Å²) in [7, 11) is 0. The molecule has 138 valence electrons. The molecular formula is C19H19N5O3. The van der Waals surface area contributed by atoms with Crippen molar-refractivity contribution < 1.29 is 9.72 Å². The topological polar surface area (TPSA) is 103 Å². The first-order valence-electron chi connectivity index (χ1n) is 8.44. The highest BCUT2D eigenvalue weighted by molar-refractivity contribution is 5.95. The summed E-state index contributed by atoms with van der Waals surface area (Å²) in [5, 5.41) is 14.4. The number of carbonyl (C=O) groups is 1. The number of nitro groups is 1. The lowest BCUT2D eigenvalue weighted by Crippen LogP contribution is -2.07. The van der Waals surface area contributed by atoms with Crippen LogP contribution in [0, 0.1) is 10.1 Å². The van der Waals surface area contributed by atoms with Crippen LogP contribution in [0.2, 0.25) is 0 Å². The monoisotopic (exact) mass is 365 g/mol. The summed E-state index contributed by atoms with van der Waals surface area (Å²) in [5.74, 6) is 1.50. The number of rotatable bonds is 6. The summed E-state index contributed by atoms with van der Waals surface area (Å²) in [6.07, 6.45) is 3.44. The number of carbonyl (C=O) groups excluding carboxylic acids is 1. The second-order valence-electron chi connectivity index (χ2n) is 6.37. The summed E-state index contributed by atoms with van der Waals surface area (Å²) in [5.41, 5.74) is 0.902. The van der Waals surface area contributed by atoms with Gasteiger partial charge in [-0.25, -0.2) is 9.97 Å². The van der Waals surface area contributed by atoms with Crippen LogP contribution in [0.4, 0.5) is 17.2 Å². The van der Waals surface area contributed by atoms with Gasteiger partial charge in [-0.1, -0.05) is 26.0 Å². The lowest BCUT2D eigenvalue weighted by Gasteiger charge is -2.12. The molecule has 1 aromatic carbocycles. The van der Waals surface area contributed by atoms with Gasteiger partial charge in [-0.2, -0.15) is 0 Å². The highest BCUT2D eigenvalue weighted by Crippen LogP contribution is 2.28. The van der Waals surface area contributed by atoms with Gasteiger partial charge in [-0.3, -0.25) is 19.5 Å². The Morgan fingerprint density at radius 2 is 2.04 bits per heavy atom. The molecule has 2 heterocycles. The Morgan fingerprint density at radius 3 is 2.70 bits per heavy atom. The zero-order chi connectivity index (χ0) is 19.6. The molecule has 0 saturated heterocycles. The molecule has 0 aliphatic rings. The lowest BCUT2D eigenvalue weighted by atomic mass is 10.1. The van der Waals surface area contributed by atoms with Gasteiger partial charge in [-0.05, 0) is 25.1 Å². The summed E-state index contributed by atoms with van der Waals surface area (Å²) in [4.78, 5) is 31.3. The molecule has 0 aliphatic heterocycles. The fourth-order valence-corrected chi connectivity index (χ4v) is 2.70. The number of nitrogens with zero attached hydrogens (tertiary/aromatic N) is 4. The van der Waals surface area contributed by atoms with Crippen molar-refractivity contribution in [1.29, 1.82) is 0 Å². The molecule has 27 heavy (non-hydrogen) atoms. The number of hydrogen-bond acceptors (Lipinski definition) is 6. The van der Waals surface area contributed by atoms with Crippen molar-refractivity contribution >= 4 is 23.0 Å². The number of anilines is 2. The Balaban J connectivity index is 2.05. The number of nitrogens with one attached hydrogen (secondary N) is 1. The maximum Gasteiger partial charge on any atom is 0.311 e. The van der Waals surface area contributed by atoms with Gasteiger partial charge >= 0.3 is 5.69 Å². The summed E-state index contributed by atoms with van der Waals surface area (Å²) in [6, 6.07) is 9.75. The van der Waals surface area contributed by atoms with Crippen molar-refractivity contribution in [3.8, 4) is 5.82 Å². The normalized spacial score (nSPS) is 10.8. The highest BCUT2D eigenvalue weighted by Gasteiger charge is 2.19. The van der Waals surface area contributed by atoms with Crippen LogP contribution in [-0.2, 0) is 0 Å². The van der Waals surface area contributed by atoms with Gasteiger partial charge in [0, 0.05) is 35.6 Å². The Morgan fingerprint density at radius 1 is 1.26 bits per heavy atom. The zero-order valence-corrected chi connectivity index (χ0v) is 15.2. The Labute approximate surface area is 156 Å². The Kier molecular flexibility index (Phi) is 4.98. The standard InChI is InChI=1S/C19H19N5O3/c1-12(2)19-20-9-10-23(19)17-8-7-16(24(26)27)18(22-17)21-15-6-4-5-14(11-15)13(3)25/h4-12H,1-3H3,(H,21,22). The Hall–Kier alpha value is -3.55. The van der Waals surface area contributed by atoms with E-state index in [0.717, 1.165) is 5.82 Å². The van der Waals surface area contributed by atoms with E-state index in [-0.39, 0.29) is 23.2 Å². The van der Waals surface area contributed by atoms with Crippen LogP contribution >= 0.6 is 0 Å². The summed E-state index contributed by atoms with van der Waals surface area (Å²) >= 11 is 0. The quantitative estimate of drug-likeness (QED) is 0.398. The minimum Gasteiger partial charge on any atom is -0.334 e. The van der Waals surface area contributed by atoms with E-state index in [1.54, 1.807) is 47.3 Å². The van der Waals surface area contributed by atoms with Gasteiger partial charge in [0.05, 0.1) is 4.92 Å². The lowest BCUT2D eigenvalue weighted by molar-refractivity contribution is -0.384. The number of hydrogen-bond donors (Lipinski definition) is 1. The van der Waals surface area contributed by atoms with E-state index in [9.17, 15) is 14.9 Å². The van der Waals surface area contributed by atoms with Crippen LogP contribution in [0.15, 0.2) is 48.8 Å². The van der Waals surface area contributed by atoms with Crippen LogP contribution in [0.1, 0.15) is 42.9 Å². The maximum absolute atomic E-state index is 11.6. The van der Waals surface area contributed by atoms with Crippen molar-refractivity contribution in [2.75, 3.05) is 5.32 Å². The molecule has 2 aromatic heterocycles. The van der Waals surface area contributed by atoms with E-state index < -0.39 is 4.92 Å². The first kappa shape index (κ1) is 18.2. The number of pyridine rings is 1. The van der Waals surface area contributed by atoms with Crippen molar-refractivity contribution in [3.05, 3.63) is 70.3 Å². The average molecular weight is 365 g/mol. The van der Waals surface area contributed by atoms with Crippen LogP contribution in [-0.4, -0.2) is 25.2 Å². The maximum atomic E-state index is 11.6. The third-order valence-electron chi connectivity index (χ3n) is 4.02. The average Bonchev–Trinajstić information content (AvgIpc) is 3.11. The van der Waals surface area contributed by atoms with E-state index in [4.69, 9.17) is 0 Å². The molecule has 0 saturated carbocycles. The predicted molar refractivity (Wildman–Crippen MR) is 102 cm³/mol. The molecule has 8 nitrogen and oxygen atoms in total. The van der Waals surface area contributed by atoms with E-state index in [2.05, 4.69) is 15.3 Å². The minimum atomic E-state index is -0.495. The van der Waals surface area contributed by atoms with Crippen molar-refractivity contribution in [3.63, 3.8) is 0 Å². The van der Waals surface area contributed by atoms with Gasteiger partial charge in [0.15, 0.2) is 5.78 Å². The van der Waals surface area contributed by atoms with Crippen LogP contribution in [0.25, 0.3) is 5.82 Å². The number of benzene rings is 1. The molecule has 3 rings (SSSR count). The molecule has 0 radical (unpaired) electrons. The molecule has 0 spiro atoms. The minimum absolute atomic E-state index is 0.0881. The number of aromatic nitrogens is 3. The molecule has 0 bridgehead atoms. The van der Waals surface area contributed by atoms with Gasteiger partial charge < -0.3 is 5.32 Å². The molecule has 8 heteroatoms. The second kappa shape index (κ2) is 7.36. The fraction of sp³-hybridized carbons (Fsp3) is 0.211. The molecular weight excluding hydrogens is 346 g/mol. The van der Waals surface area contributed by atoms with Crippen molar-refractivity contribution in [2.24, 2.45) is 0 Å². The zero-order valence-electron chi connectivity index (χ0n) is 15.2. The second-order valence-corrected chi connectivity index (χ2v) is 6.37. The van der Waals surface area contributed by atoms with E-state index in [1.807, 2.05) is 13.8 Å². The first-order valence-corrected chi connectivity index (χ1v) is 8.44. The van der Waals surface area contributed by atoms with Crippen LogP contribution in [0.5, 0.6) is 0 Å². The van der Waals surface area contributed by atoms with Crippen molar-refractivity contribution in [2.45, 2.75) is 26.7 Å². The molecule has 0 atom stereocenters. The molecule has 3 aromatic rings. The van der Waals surface area contributed by atoms with E-state index >= 15 is 0 Å². The van der Waals surface area contributed by atoms with Gasteiger partial charge in [0.2, 0.25) is 5.82 Å². The van der Waals surface area contributed by atoms with Crippen molar-refractivity contribution in [1.82, 2.24) is 14.5 Å². The largest absolute Gasteiger partial charge is 0.334 e. The molecule has 0 amide bonds. The molecule has 0 aliphatic carbocycles. The summed E-state index contributed by atoms with van der Waals surface area (Å²) < 4.78 is 1.80. The first-order chi connectivity index (χ1) is 12.9. The van der Waals surface area contributed by atoms with Gasteiger partial charge in [0.25, 0.3) is 0 Å². The SMILES string of the molecule is CC(=O)c1cccc(Nc2nc(-n3ccnc3C(C)C)ccc2[N+](=O)[O-])c1. The molecule has 1 N–H and O–H groups in total. The highest BCUT2D eigenvalue weighted by atomic mass is 16.6. The molecule has 0 unspecified atom stereocenters. The number of Topliss-reactive ketones (excluding diaryl/α,β-unsaturated/α-hetero) is 1. The molecule has 0 fully saturated rings. The fourth-order valence-electron chi connectivity index (χ4n) is 2.70. The van der Waals surface area contributed by atoms with Crippen LogP contribution in [0.3, 0.4) is 0 Å². The third kappa shape index (κ3) is 3.84. The number of ketones is 1. The summed E-state index contributed by atoms with van der Waals surface area (Å²) in [6.45, 7) is 5.49. The number of imidazole rings is 1. The van der Waals surface area contributed by atoms with E-state index in [1.165, 1.54) is 13.0 Å². The predicted octanol–water partition coefficient (Wildman–Crippen LogP) is 4.25. The van der Waals surface area contributed by atoms with Gasteiger partial charge in [-0.15, -0.1) is 0 Å². The van der Waals surface area contributed by atoms with E-state index in [0.29, 0.717) is 17.1 Å². The third-order valence-corrected chi connectivity index (χ3v) is 4.02.